The molecule has 7 nitrogen and oxygen atoms in total. The van der Waals surface area contributed by atoms with E-state index in [-0.39, 0.29) is 12.4 Å². The smallest absolute Gasteiger partial charge is 0.290 e. The van der Waals surface area contributed by atoms with Crippen molar-refractivity contribution in [3.63, 3.8) is 0 Å². The van der Waals surface area contributed by atoms with Crippen LogP contribution in [0.1, 0.15) is 37.3 Å². The normalized spacial score (nSPS) is 25.2. The van der Waals surface area contributed by atoms with Crippen molar-refractivity contribution in [2.45, 2.75) is 43.8 Å². The van der Waals surface area contributed by atoms with Gasteiger partial charge in [0.15, 0.2) is 0 Å². The van der Waals surface area contributed by atoms with Crippen LogP contribution in [0.4, 0.5) is 0 Å². The van der Waals surface area contributed by atoms with Crippen LogP contribution in [0.3, 0.4) is 0 Å². The largest absolute Gasteiger partial charge is 0.483 e. The minimum atomic E-state index is -0.250. The Kier molecular flexibility index (Phi) is 8.03. The molecule has 0 aromatic heterocycles. The summed E-state index contributed by atoms with van der Waals surface area (Å²) >= 11 is 0. The van der Waals surface area contributed by atoms with Gasteiger partial charge in [0.2, 0.25) is 5.91 Å². The third-order valence-electron chi connectivity index (χ3n) is 6.38. The number of fused-ring (bicyclic) bond motifs is 1. The molecule has 1 aliphatic carbocycles. The Bertz CT molecular complexity index is 651. The van der Waals surface area contributed by atoms with E-state index in [9.17, 15) is 4.79 Å². The molecule has 2 heterocycles. The second-order valence-electron chi connectivity index (χ2n) is 8.15. The van der Waals surface area contributed by atoms with Crippen molar-refractivity contribution in [2.24, 2.45) is 0 Å². The van der Waals surface area contributed by atoms with Gasteiger partial charge < -0.3 is 14.7 Å². The summed E-state index contributed by atoms with van der Waals surface area (Å²) in [5, 5.41) is 6.89. The van der Waals surface area contributed by atoms with Gasteiger partial charge in [0.1, 0.15) is 0 Å². The topological polar surface area (TPSA) is 73.3 Å². The van der Waals surface area contributed by atoms with E-state index in [2.05, 4.69) is 52.1 Å². The van der Waals surface area contributed by atoms with Crippen molar-refractivity contribution in [2.75, 3.05) is 46.4 Å². The highest BCUT2D eigenvalue weighted by molar-refractivity contribution is 5.78. The van der Waals surface area contributed by atoms with E-state index in [0.29, 0.717) is 24.7 Å². The second-order valence-corrected chi connectivity index (χ2v) is 8.15. The molecule has 29 heavy (non-hydrogen) atoms. The molecule has 1 amide bonds. The number of hydrogen-bond donors (Lipinski definition) is 1. The Labute approximate surface area is 173 Å². The molecule has 2 aliphatic heterocycles. The lowest BCUT2D eigenvalue weighted by molar-refractivity contribution is -0.141. The molecule has 7 heteroatoms. The van der Waals surface area contributed by atoms with Crippen LogP contribution < -0.4 is 0 Å². The number of hydrogen-bond acceptors (Lipinski definition) is 5. The van der Waals surface area contributed by atoms with Crippen LogP contribution in [0.2, 0.25) is 0 Å². The fraction of sp³-hybridized carbons (Fsp3) is 0.636. The van der Waals surface area contributed by atoms with Gasteiger partial charge in [-0.25, -0.2) is 0 Å². The molecule has 2 saturated heterocycles. The van der Waals surface area contributed by atoms with Crippen LogP contribution in [0.5, 0.6) is 0 Å². The van der Waals surface area contributed by atoms with Gasteiger partial charge in [-0.05, 0) is 25.5 Å². The van der Waals surface area contributed by atoms with Crippen LogP contribution in [0.15, 0.2) is 30.3 Å². The highest BCUT2D eigenvalue weighted by atomic mass is 16.5. The van der Waals surface area contributed by atoms with Gasteiger partial charge in [0, 0.05) is 25.7 Å². The van der Waals surface area contributed by atoms with Crippen molar-refractivity contribution in [3.05, 3.63) is 35.9 Å². The number of morpholine rings is 1. The number of benzene rings is 1. The van der Waals surface area contributed by atoms with Gasteiger partial charge in [-0.2, -0.15) is 0 Å². The zero-order valence-corrected chi connectivity index (χ0v) is 17.3. The van der Waals surface area contributed by atoms with Crippen molar-refractivity contribution >= 4 is 12.4 Å². The summed E-state index contributed by atoms with van der Waals surface area (Å²) < 4.78 is 5.91. The minimum Gasteiger partial charge on any atom is -0.483 e. The maximum atomic E-state index is 12.8. The lowest BCUT2D eigenvalue weighted by Gasteiger charge is -2.48. The lowest BCUT2D eigenvalue weighted by atomic mass is 10.00. The Morgan fingerprint density at radius 1 is 1.21 bits per heavy atom. The number of ether oxygens (including phenoxy) is 1. The third kappa shape index (κ3) is 5.56. The fourth-order valence-corrected chi connectivity index (χ4v) is 4.82. The molecular formula is C22H33N3O4. The molecule has 4 rings (SSSR count). The monoisotopic (exact) mass is 403 g/mol. The first-order valence-corrected chi connectivity index (χ1v) is 10.6. The molecular weight excluding hydrogens is 370 g/mol. The number of nitrogens with zero attached hydrogens (tertiary/aromatic N) is 3. The number of amides is 1. The standard InChI is InChI=1S/C21H31N3O2.CH2O2/c1-22(18-9-5-6-10-18)14-21(25)23-11-12-24-19(13-23)15-26-16-20(24)17-7-3-2-4-8-17;2-1-3/h2-4,7-8,18-20H,5-6,9-16H2,1H3;1H,(H,2,3)/t19-,20-;/m1./s1. The average molecular weight is 404 g/mol. The molecule has 1 saturated carbocycles. The van der Waals surface area contributed by atoms with E-state index >= 15 is 0 Å². The van der Waals surface area contributed by atoms with Crippen LogP contribution >= 0.6 is 0 Å². The summed E-state index contributed by atoms with van der Waals surface area (Å²) in [5.41, 5.74) is 1.32. The SMILES string of the molecule is CN(CC(=O)N1CCN2[C@@H](COC[C@@H]2c2ccccc2)C1)C1CCCC1.O=CO. The predicted octanol–water partition coefficient (Wildman–Crippen LogP) is 1.85. The van der Waals surface area contributed by atoms with E-state index in [1.54, 1.807) is 0 Å². The number of rotatable bonds is 4. The Morgan fingerprint density at radius 3 is 2.59 bits per heavy atom. The minimum absolute atomic E-state index is 0.250. The van der Waals surface area contributed by atoms with E-state index < -0.39 is 0 Å². The highest BCUT2D eigenvalue weighted by Crippen LogP contribution is 2.29. The van der Waals surface area contributed by atoms with E-state index in [4.69, 9.17) is 14.6 Å². The van der Waals surface area contributed by atoms with Gasteiger partial charge in [-0.1, -0.05) is 43.2 Å². The van der Waals surface area contributed by atoms with Crippen LogP contribution in [0.25, 0.3) is 0 Å². The van der Waals surface area contributed by atoms with Crippen molar-refractivity contribution in [1.29, 1.82) is 0 Å². The first-order valence-electron chi connectivity index (χ1n) is 10.6. The van der Waals surface area contributed by atoms with Gasteiger partial charge in [0.05, 0.1) is 31.8 Å². The summed E-state index contributed by atoms with van der Waals surface area (Å²) in [4.78, 5) is 28.1. The molecule has 2 atom stereocenters. The molecule has 3 aliphatic rings. The van der Waals surface area contributed by atoms with E-state index in [1.807, 2.05) is 0 Å². The molecule has 1 aromatic carbocycles. The summed E-state index contributed by atoms with van der Waals surface area (Å²) in [6.07, 6.45) is 5.10. The summed E-state index contributed by atoms with van der Waals surface area (Å²) in [7, 11) is 2.11. The Balaban J connectivity index is 0.000000755. The predicted molar refractivity (Wildman–Crippen MR) is 111 cm³/mol. The molecule has 3 fully saturated rings. The van der Waals surface area contributed by atoms with E-state index in [1.165, 1.54) is 31.2 Å². The molecule has 0 bridgehead atoms. The highest BCUT2D eigenvalue weighted by Gasteiger charge is 2.37. The number of likely N-dealkylation sites (N-methyl/N-ethyl adjacent to an activating group) is 1. The first-order chi connectivity index (χ1) is 14.1. The Hall–Kier alpha value is -1.96. The molecule has 0 radical (unpaired) electrons. The number of carbonyl (C=O) groups excluding carboxylic acids is 1. The fourth-order valence-electron chi connectivity index (χ4n) is 4.82. The van der Waals surface area contributed by atoms with Crippen LogP contribution in [0, 0.1) is 0 Å². The van der Waals surface area contributed by atoms with E-state index in [0.717, 1.165) is 32.8 Å². The summed E-state index contributed by atoms with van der Waals surface area (Å²) in [6.45, 7) is 4.34. The lowest BCUT2D eigenvalue weighted by Crippen LogP contribution is -2.60. The Morgan fingerprint density at radius 2 is 1.90 bits per heavy atom. The van der Waals surface area contributed by atoms with Gasteiger partial charge in [-0.3, -0.25) is 19.4 Å². The first kappa shape index (κ1) is 21.7. The van der Waals surface area contributed by atoms with Gasteiger partial charge in [0.25, 0.3) is 6.47 Å². The molecule has 1 aromatic rings. The number of carboxylic acid groups (broad SMARTS) is 1. The zero-order valence-electron chi connectivity index (χ0n) is 17.3. The average Bonchev–Trinajstić information content (AvgIpc) is 3.29. The van der Waals surface area contributed by atoms with Crippen LogP contribution in [-0.4, -0.2) is 90.7 Å². The maximum absolute atomic E-state index is 12.8. The quantitative estimate of drug-likeness (QED) is 0.774. The van der Waals surface area contributed by atoms with Crippen LogP contribution in [-0.2, 0) is 14.3 Å². The maximum Gasteiger partial charge on any atom is 0.290 e. The van der Waals surface area contributed by atoms with Crippen molar-refractivity contribution in [3.8, 4) is 0 Å². The second kappa shape index (κ2) is 10.7. The van der Waals surface area contributed by atoms with Crippen molar-refractivity contribution in [1.82, 2.24) is 14.7 Å². The molecule has 0 unspecified atom stereocenters. The molecule has 160 valence electrons. The summed E-state index contributed by atoms with van der Waals surface area (Å²) in [5.74, 6) is 0.279. The number of carbonyl (C=O) groups is 2. The van der Waals surface area contributed by atoms with Gasteiger partial charge >= 0.3 is 0 Å². The summed E-state index contributed by atoms with van der Waals surface area (Å²) in [6, 6.07) is 11.8. The molecule has 1 N–H and O–H groups in total. The molecule has 0 spiro atoms. The van der Waals surface area contributed by atoms with Crippen molar-refractivity contribution < 1.29 is 19.4 Å². The third-order valence-corrected chi connectivity index (χ3v) is 6.38. The number of piperazine rings is 1. The zero-order chi connectivity index (χ0) is 20.6. The van der Waals surface area contributed by atoms with Gasteiger partial charge in [-0.15, -0.1) is 0 Å².